The second-order valence-corrected chi connectivity index (χ2v) is 7.86. The molecule has 0 aliphatic carbocycles. The zero-order valence-electron chi connectivity index (χ0n) is 17.0. The molecule has 0 bridgehead atoms. The van der Waals surface area contributed by atoms with Crippen molar-refractivity contribution in [2.24, 2.45) is 4.99 Å². The average Bonchev–Trinajstić information content (AvgIpc) is 3.11. The van der Waals surface area contributed by atoms with Gasteiger partial charge in [0.1, 0.15) is 23.1 Å². The van der Waals surface area contributed by atoms with E-state index in [1.54, 1.807) is 6.08 Å². The van der Waals surface area contributed by atoms with Crippen LogP contribution in [0.2, 0.25) is 0 Å². The predicted molar refractivity (Wildman–Crippen MR) is 123 cm³/mol. The number of benzene rings is 3. The third-order valence-corrected chi connectivity index (χ3v) is 5.49. The molecule has 0 saturated carbocycles. The van der Waals surface area contributed by atoms with Crippen molar-refractivity contribution >= 4 is 46.2 Å². The highest BCUT2D eigenvalue weighted by Gasteiger charge is 2.32. The van der Waals surface area contributed by atoms with Gasteiger partial charge in [0.2, 0.25) is 5.91 Å². The maximum atomic E-state index is 13.8. The van der Waals surface area contributed by atoms with E-state index in [4.69, 9.17) is 0 Å². The van der Waals surface area contributed by atoms with Crippen LogP contribution in [0.3, 0.4) is 0 Å². The van der Waals surface area contributed by atoms with Gasteiger partial charge >= 0.3 is 0 Å². The van der Waals surface area contributed by atoms with Gasteiger partial charge in [-0.05, 0) is 48.0 Å². The van der Waals surface area contributed by atoms with E-state index in [0.29, 0.717) is 5.69 Å². The zero-order chi connectivity index (χ0) is 23.4. The lowest BCUT2D eigenvalue weighted by Crippen LogP contribution is -2.31. The first-order valence-corrected chi connectivity index (χ1v) is 10.7. The second kappa shape index (κ2) is 9.74. The number of aliphatic imine (C=N–C) groups is 1. The van der Waals surface area contributed by atoms with Crippen LogP contribution in [0.1, 0.15) is 5.56 Å². The normalized spacial score (nSPS) is 14.5. The molecule has 1 N–H and O–H groups in total. The van der Waals surface area contributed by atoms with Gasteiger partial charge in [0, 0.05) is 6.07 Å². The molecule has 0 aromatic heterocycles. The van der Waals surface area contributed by atoms with Crippen molar-refractivity contribution in [3.05, 3.63) is 102 Å². The molecule has 0 radical (unpaired) electrons. The molecule has 5 nitrogen and oxygen atoms in total. The number of nitrogens with one attached hydrogen (secondary N) is 1. The molecule has 4 rings (SSSR count). The van der Waals surface area contributed by atoms with Crippen molar-refractivity contribution in [2.45, 2.75) is 0 Å². The summed E-state index contributed by atoms with van der Waals surface area (Å²) < 4.78 is 40.5. The van der Waals surface area contributed by atoms with Crippen LogP contribution in [-0.4, -0.2) is 22.7 Å². The zero-order valence-corrected chi connectivity index (χ0v) is 17.8. The fraction of sp³-hybridized carbons (Fsp3) is 0.0417. The Morgan fingerprint density at radius 1 is 0.970 bits per heavy atom. The van der Waals surface area contributed by atoms with Crippen LogP contribution in [-0.2, 0) is 9.59 Å². The number of rotatable bonds is 5. The number of amides is 2. The molecule has 1 heterocycles. The molecule has 0 unspecified atom stereocenters. The van der Waals surface area contributed by atoms with Crippen molar-refractivity contribution in [3.63, 3.8) is 0 Å². The van der Waals surface area contributed by atoms with Gasteiger partial charge in [-0.3, -0.25) is 14.5 Å². The van der Waals surface area contributed by atoms with Crippen LogP contribution in [0.4, 0.5) is 24.5 Å². The highest BCUT2D eigenvalue weighted by Crippen LogP contribution is 2.29. The predicted octanol–water partition coefficient (Wildman–Crippen LogP) is 5.22. The summed E-state index contributed by atoms with van der Waals surface area (Å²) in [7, 11) is 0. The Morgan fingerprint density at radius 3 is 2.39 bits per heavy atom. The van der Waals surface area contributed by atoms with E-state index in [2.05, 4.69) is 10.3 Å². The van der Waals surface area contributed by atoms with Gasteiger partial charge in [0.05, 0.1) is 17.1 Å². The monoisotopic (exact) mass is 467 g/mol. The summed E-state index contributed by atoms with van der Waals surface area (Å²) in [6.45, 7) is 0. The van der Waals surface area contributed by atoms with Gasteiger partial charge in [-0.15, -0.1) is 0 Å². The van der Waals surface area contributed by atoms with Crippen LogP contribution in [0.15, 0.2) is 83.5 Å². The Kier molecular flexibility index (Phi) is 6.60. The third-order valence-electron chi connectivity index (χ3n) is 4.55. The topological polar surface area (TPSA) is 61.8 Å². The van der Waals surface area contributed by atoms with Crippen LogP contribution in [0, 0.1) is 17.5 Å². The van der Waals surface area contributed by atoms with Crippen LogP contribution in [0.5, 0.6) is 0 Å². The van der Waals surface area contributed by atoms with Gasteiger partial charge in [-0.25, -0.2) is 18.2 Å². The van der Waals surface area contributed by atoms with Crippen molar-refractivity contribution in [1.82, 2.24) is 0 Å². The van der Waals surface area contributed by atoms with Crippen LogP contribution >= 0.6 is 11.8 Å². The number of nitrogens with zero attached hydrogens (tertiary/aromatic N) is 2. The Balaban J connectivity index is 1.56. The molecule has 166 valence electrons. The lowest BCUT2D eigenvalue weighted by atomic mass is 10.2. The smallest absolute Gasteiger partial charge is 0.283 e. The quantitative estimate of drug-likeness (QED) is 0.524. The van der Waals surface area contributed by atoms with Crippen molar-refractivity contribution in [3.8, 4) is 0 Å². The van der Waals surface area contributed by atoms with Crippen molar-refractivity contribution in [2.75, 3.05) is 16.0 Å². The number of amidine groups is 1. The van der Waals surface area contributed by atoms with E-state index in [1.165, 1.54) is 29.2 Å². The fourth-order valence-corrected chi connectivity index (χ4v) is 3.84. The number of thioether (sulfide) groups is 1. The number of carbonyl (C=O) groups is 2. The minimum Gasteiger partial charge on any atom is -0.323 e. The molecule has 3 aromatic rings. The largest absolute Gasteiger partial charge is 0.323 e. The van der Waals surface area contributed by atoms with Crippen molar-refractivity contribution < 1.29 is 22.8 Å². The minimum atomic E-state index is -0.774. The summed E-state index contributed by atoms with van der Waals surface area (Å²) in [5.74, 6) is -3.21. The van der Waals surface area contributed by atoms with Crippen LogP contribution in [0.25, 0.3) is 6.08 Å². The SMILES string of the molecule is O=C(CSC1=N/C(=C/c2ccccc2)C(=O)N1c1ccc(F)cc1)Nc1cc(F)ccc1F. The molecule has 33 heavy (non-hydrogen) atoms. The van der Waals surface area contributed by atoms with Gasteiger partial charge in [0.15, 0.2) is 5.17 Å². The van der Waals surface area contributed by atoms with Crippen molar-refractivity contribution in [1.29, 1.82) is 0 Å². The Morgan fingerprint density at radius 2 is 1.67 bits per heavy atom. The van der Waals surface area contributed by atoms with Crippen LogP contribution < -0.4 is 10.2 Å². The van der Waals surface area contributed by atoms with E-state index in [-0.39, 0.29) is 22.3 Å². The third kappa shape index (κ3) is 5.32. The number of hydrogen-bond acceptors (Lipinski definition) is 4. The highest BCUT2D eigenvalue weighted by molar-refractivity contribution is 8.14. The maximum absolute atomic E-state index is 13.8. The summed E-state index contributed by atoms with van der Waals surface area (Å²) in [5, 5.41) is 2.50. The molecule has 1 aliphatic heterocycles. The summed E-state index contributed by atoms with van der Waals surface area (Å²) in [4.78, 5) is 31.0. The fourth-order valence-electron chi connectivity index (χ4n) is 3.03. The average molecular weight is 467 g/mol. The molecule has 0 fully saturated rings. The lowest BCUT2D eigenvalue weighted by molar-refractivity contribution is -0.114. The van der Waals surface area contributed by atoms with Gasteiger partial charge < -0.3 is 5.32 Å². The Labute approximate surface area is 191 Å². The standard InChI is InChI=1S/C24H16F3N3O2S/c25-16-6-9-18(10-7-16)30-23(32)21(12-15-4-2-1-3-5-15)29-24(30)33-14-22(31)28-20-13-17(26)8-11-19(20)27/h1-13H,14H2,(H,28,31)/b21-12+. The molecule has 0 saturated heterocycles. The molecule has 2 amide bonds. The van der Waals surface area contributed by atoms with Gasteiger partial charge in [0.25, 0.3) is 5.91 Å². The van der Waals surface area contributed by atoms with E-state index >= 15 is 0 Å². The van der Waals surface area contributed by atoms with E-state index in [9.17, 15) is 22.8 Å². The first-order chi connectivity index (χ1) is 15.9. The number of carbonyl (C=O) groups excluding carboxylic acids is 2. The number of halogens is 3. The Hall–Kier alpha value is -3.85. The highest BCUT2D eigenvalue weighted by atomic mass is 32.2. The van der Waals surface area contributed by atoms with E-state index in [1.807, 2.05) is 30.3 Å². The van der Waals surface area contributed by atoms with Gasteiger partial charge in [-0.1, -0.05) is 42.1 Å². The van der Waals surface area contributed by atoms with E-state index in [0.717, 1.165) is 35.5 Å². The molecular weight excluding hydrogens is 451 g/mol. The molecule has 1 aliphatic rings. The van der Waals surface area contributed by atoms with Gasteiger partial charge in [-0.2, -0.15) is 0 Å². The summed E-state index contributed by atoms with van der Waals surface area (Å²) >= 11 is 0.939. The maximum Gasteiger partial charge on any atom is 0.283 e. The Bertz CT molecular complexity index is 1260. The molecule has 0 atom stereocenters. The summed E-state index contributed by atoms with van der Waals surface area (Å²) in [6, 6.07) is 17.1. The first-order valence-electron chi connectivity index (χ1n) is 9.74. The summed E-state index contributed by atoms with van der Waals surface area (Å²) in [6.07, 6.45) is 1.61. The first kappa shape index (κ1) is 22.3. The number of hydrogen-bond donors (Lipinski definition) is 1. The molecular formula is C24H16F3N3O2S. The lowest BCUT2D eigenvalue weighted by Gasteiger charge is -2.17. The minimum absolute atomic E-state index is 0.143. The molecule has 3 aromatic carbocycles. The molecule has 0 spiro atoms. The van der Waals surface area contributed by atoms with E-state index < -0.39 is 29.3 Å². The molecule has 9 heteroatoms. The second-order valence-electron chi connectivity index (χ2n) is 6.91. The summed E-state index contributed by atoms with van der Waals surface area (Å²) in [5.41, 5.74) is 0.990. The number of anilines is 2.